The Hall–Kier alpha value is -0.850. The van der Waals surface area contributed by atoms with Gasteiger partial charge in [-0.1, -0.05) is 32.0 Å². The molecule has 0 bridgehead atoms. The topological polar surface area (TPSA) is 0 Å². The van der Waals surface area contributed by atoms with E-state index in [4.69, 9.17) is 0 Å². The Bertz CT molecular complexity index is 311. The summed E-state index contributed by atoms with van der Waals surface area (Å²) < 4.78 is 13.4. The van der Waals surface area contributed by atoms with Gasteiger partial charge < -0.3 is 0 Å². The third-order valence-corrected chi connectivity index (χ3v) is 3.46. The summed E-state index contributed by atoms with van der Waals surface area (Å²) >= 11 is 0. The average molecular weight is 192 g/mol. The van der Waals surface area contributed by atoms with Crippen molar-refractivity contribution >= 4 is 0 Å². The van der Waals surface area contributed by atoms with Crippen LogP contribution in [0.4, 0.5) is 4.39 Å². The van der Waals surface area contributed by atoms with Crippen molar-refractivity contribution in [3.8, 4) is 0 Å². The fourth-order valence-electron chi connectivity index (χ4n) is 2.27. The molecule has 1 saturated carbocycles. The summed E-state index contributed by atoms with van der Waals surface area (Å²) in [6, 6.07) is 7.19. The van der Waals surface area contributed by atoms with E-state index in [2.05, 4.69) is 13.8 Å². The first-order chi connectivity index (χ1) is 6.68. The third kappa shape index (κ3) is 1.68. The molecule has 1 aromatic rings. The van der Waals surface area contributed by atoms with E-state index in [9.17, 15) is 4.39 Å². The number of benzene rings is 1. The van der Waals surface area contributed by atoms with Crippen LogP contribution in [0.25, 0.3) is 0 Å². The van der Waals surface area contributed by atoms with Gasteiger partial charge in [0, 0.05) is 0 Å². The number of halogens is 1. The third-order valence-electron chi connectivity index (χ3n) is 3.46. The summed E-state index contributed by atoms with van der Waals surface area (Å²) in [5.74, 6) is 2.00. The van der Waals surface area contributed by atoms with Crippen LogP contribution in [0.1, 0.15) is 38.2 Å². The fourth-order valence-corrected chi connectivity index (χ4v) is 2.27. The maximum Gasteiger partial charge on any atom is 0.126 e. The number of hydrogen-bond acceptors (Lipinski definition) is 0. The van der Waals surface area contributed by atoms with Crippen LogP contribution in [0, 0.1) is 17.7 Å². The lowest BCUT2D eigenvalue weighted by molar-refractivity contribution is 0.193. The zero-order valence-electron chi connectivity index (χ0n) is 8.83. The molecule has 0 heterocycles. The molecule has 1 aliphatic rings. The molecule has 0 N–H and O–H groups in total. The molecule has 1 heteroatoms. The Kier molecular flexibility index (Phi) is 2.58. The first kappa shape index (κ1) is 9.70. The van der Waals surface area contributed by atoms with Crippen LogP contribution in [-0.2, 0) is 0 Å². The van der Waals surface area contributed by atoms with Gasteiger partial charge in [-0.15, -0.1) is 0 Å². The summed E-state index contributed by atoms with van der Waals surface area (Å²) in [6.07, 6.45) is 2.33. The van der Waals surface area contributed by atoms with E-state index in [1.54, 1.807) is 12.1 Å². The Morgan fingerprint density at radius 2 is 1.86 bits per heavy atom. The Labute approximate surface area is 85.1 Å². The first-order valence-electron chi connectivity index (χ1n) is 5.43. The van der Waals surface area contributed by atoms with E-state index in [-0.39, 0.29) is 5.82 Å². The molecule has 0 saturated heterocycles. The maximum atomic E-state index is 13.4. The van der Waals surface area contributed by atoms with Gasteiger partial charge in [0.2, 0.25) is 0 Å². The smallest absolute Gasteiger partial charge is 0.126 e. The molecule has 0 atom stereocenters. The van der Waals surface area contributed by atoms with Crippen LogP contribution in [0.2, 0.25) is 0 Å². The van der Waals surface area contributed by atoms with Crippen LogP contribution in [0.3, 0.4) is 0 Å². The standard InChI is InChI=1S/C13H17F/c1-9(2)10-7-11(8-10)12-5-3-4-6-13(12)14/h3-6,9-11H,7-8H2,1-2H3/t10-,11+. The second kappa shape index (κ2) is 3.72. The van der Waals surface area contributed by atoms with Crippen LogP contribution >= 0.6 is 0 Å². The lowest BCUT2D eigenvalue weighted by Crippen LogP contribution is -2.26. The van der Waals surface area contributed by atoms with E-state index in [1.807, 2.05) is 12.1 Å². The second-order valence-corrected chi connectivity index (χ2v) is 4.69. The molecule has 0 aliphatic heterocycles. The van der Waals surface area contributed by atoms with Gasteiger partial charge >= 0.3 is 0 Å². The fraction of sp³-hybridized carbons (Fsp3) is 0.538. The van der Waals surface area contributed by atoms with E-state index >= 15 is 0 Å². The normalized spacial score (nSPS) is 26.3. The summed E-state index contributed by atoms with van der Waals surface area (Å²) in [5.41, 5.74) is 0.921. The Balaban J connectivity index is 2.03. The molecule has 0 unspecified atom stereocenters. The lowest BCUT2D eigenvalue weighted by atomic mass is 9.67. The largest absolute Gasteiger partial charge is 0.207 e. The van der Waals surface area contributed by atoms with Gasteiger partial charge in [-0.3, -0.25) is 0 Å². The van der Waals surface area contributed by atoms with Crippen molar-refractivity contribution in [2.24, 2.45) is 11.8 Å². The molecular formula is C13H17F. The SMILES string of the molecule is CC(C)[C@H]1C[C@@H](c2ccccc2F)C1. The van der Waals surface area contributed by atoms with Crippen molar-refractivity contribution in [3.63, 3.8) is 0 Å². The average Bonchev–Trinajstić information content (AvgIpc) is 2.05. The Morgan fingerprint density at radius 1 is 1.21 bits per heavy atom. The molecule has 14 heavy (non-hydrogen) atoms. The zero-order chi connectivity index (χ0) is 10.1. The van der Waals surface area contributed by atoms with E-state index < -0.39 is 0 Å². The minimum Gasteiger partial charge on any atom is -0.207 e. The van der Waals surface area contributed by atoms with Crippen LogP contribution in [0.5, 0.6) is 0 Å². The van der Waals surface area contributed by atoms with Crippen LogP contribution in [-0.4, -0.2) is 0 Å². The molecule has 1 aromatic carbocycles. The van der Waals surface area contributed by atoms with Gasteiger partial charge in [-0.2, -0.15) is 0 Å². The molecule has 0 amide bonds. The molecule has 1 fully saturated rings. The molecule has 1 aliphatic carbocycles. The van der Waals surface area contributed by atoms with Gasteiger partial charge in [0.15, 0.2) is 0 Å². The zero-order valence-corrected chi connectivity index (χ0v) is 8.83. The highest BCUT2D eigenvalue weighted by Crippen LogP contribution is 2.45. The number of rotatable bonds is 2. The molecule has 0 spiro atoms. The minimum atomic E-state index is -0.0280. The molecular weight excluding hydrogens is 175 g/mol. The van der Waals surface area contributed by atoms with Crippen LogP contribution < -0.4 is 0 Å². The minimum absolute atomic E-state index is 0.0280. The van der Waals surface area contributed by atoms with Crippen molar-refractivity contribution in [1.82, 2.24) is 0 Å². The van der Waals surface area contributed by atoms with Gasteiger partial charge in [0.05, 0.1) is 0 Å². The Morgan fingerprint density at radius 3 is 2.43 bits per heavy atom. The first-order valence-corrected chi connectivity index (χ1v) is 5.43. The van der Waals surface area contributed by atoms with Crippen molar-refractivity contribution < 1.29 is 4.39 Å². The highest BCUT2D eigenvalue weighted by atomic mass is 19.1. The molecule has 2 rings (SSSR count). The predicted octanol–water partition coefficient (Wildman–Crippen LogP) is 3.98. The summed E-state index contributed by atoms with van der Waals surface area (Å²) in [5, 5.41) is 0. The molecule has 0 nitrogen and oxygen atoms in total. The van der Waals surface area contributed by atoms with Gasteiger partial charge in [-0.05, 0) is 42.2 Å². The highest BCUT2D eigenvalue weighted by Gasteiger charge is 2.33. The second-order valence-electron chi connectivity index (χ2n) is 4.69. The molecule has 0 radical (unpaired) electrons. The van der Waals surface area contributed by atoms with Crippen molar-refractivity contribution in [2.45, 2.75) is 32.6 Å². The summed E-state index contributed by atoms with van der Waals surface area (Å²) in [4.78, 5) is 0. The van der Waals surface area contributed by atoms with Crippen molar-refractivity contribution in [3.05, 3.63) is 35.6 Å². The summed E-state index contributed by atoms with van der Waals surface area (Å²) in [6.45, 7) is 4.50. The highest BCUT2D eigenvalue weighted by molar-refractivity contribution is 5.24. The summed E-state index contributed by atoms with van der Waals surface area (Å²) in [7, 11) is 0. The van der Waals surface area contributed by atoms with E-state index in [0.29, 0.717) is 5.92 Å². The van der Waals surface area contributed by atoms with Crippen LogP contribution in [0.15, 0.2) is 24.3 Å². The quantitative estimate of drug-likeness (QED) is 0.665. The monoisotopic (exact) mass is 192 g/mol. The van der Waals surface area contributed by atoms with Gasteiger partial charge in [0.1, 0.15) is 5.82 Å². The van der Waals surface area contributed by atoms with Crippen molar-refractivity contribution in [2.75, 3.05) is 0 Å². The van der Waals surface area contributed by atoms with Gasteiger partial charge in [0.25, 0.3) is 0 Å². The lowest BCUT2D eigenvalue weighted by Gasteiger charge is -2.38. The number of hydrogen-bond donors (Lipinski definition) is 0. The molecule has 0 aromatic heterocycles. The van der Waals surface area contributed by atoms with E-state index in [0.717, 1.165) is 17.4 Å². The van der Waals surface area contributed by atoms with E-state index in [1.165, 1.54) is 12.8 Å². The molecule has 76 valence electrons. The predicted molar refractivity (Wildman–Crippen MR) is 56.7 cm³/mol. The van der Waals surface area contributed by atoms with Crippen molar-refractivity contribution in [1.29, 1.82) is 0 Å². The maximum absolute atomic E-state index is 13.4. The van der Waals surface area contributed by atoms with Gasteiger partial charge in [-0.25, -0.2) is 4.39 Å².